The number of hydrogen-bond donors (Lipinski definition) is 3. The van der Waals surface area contributed by atoms with E-state index in [4.69, 9.17) is 5.11 Å². The van der Waals surface area contributed by atoms with E-state index in [0.717, 1.165) is 25.7 Å². The number of amides is 1. The summed E-state index contributed by atoms with van der Waals surface area (Å²) in [5, 5.41) is 21.2. The lowest BCUT2D eigenvalue weighted by molar-refractivity contribution is -0.138. The Kier molecular flexibility index (Phi) is 5.79. The smallest absolute Gasteiger partial charge is 0.303 e. The topological polar surface area (TPSA) is 86.6 Å². The maximum absolute atomic E-state index is 12.0. The van der Waals surface area contributed by atoms with Gasteiger partial charge in [0.25, 0.3) is 0 Å². The van der Waals surface area contributed by atoms with E-state index in [1.165, 1.54) is 0 Å². The molecule has 1 fully saturated rings. The normalized spacial score (nSPS) is 28.7. The van der Waals surface area contributed by atoms with Gasteiger partial charge in [-0.25, -0.2) is 0 Å². The van der Waals surface area contributed by atoms with E-state index >= 15 is 0 Å². The van der Waals surface area contributed by atoms with Crippen molar-refractivity contribution in [2.45, 2.75) is 57.9 Å². The molecule has 0 aromatic carbocycles. The van der Waals surface area contributed by atoms with Gasteiger partial charge in [-0.05, 0) is 24.7 Å². The average molecular weight is 271 g/mol. The van der Waals surface area contributed by atoms with Crippen LogP contribution in [0.2, 0.25) is 0 Å². The second kappa shape index (κ2) is 6.89. The van der Waals surface area contributed by atoms with Gasteiger partial charge >= 0.3 is 5.97 Å². The van der Waals surface area contributed by atoms with Crippen molar-refractivity contribution in [1.82, 2.24) is 5.32 Å². The summed E-state index contributed by atoms with van der Waals surface area (Å²) in [7, 11) is 0. The van der Waals surface area contributed by atoms with Gasteiger partial charge in [-0.2, -0.15) is 0 Å². The molecular formula is C14H25NO4. The van der Waals surface area contributed by atoms with Gasteiger partial charge in [0.05, 0.1) is 12.1 Å². The van der Waals surface area contributed by atoms with E-state index in [1.807, 2.05) is 0 Å². The molecule has 0 bridgehead atoms. The Balaban J connectivity index is 2.51. The molecule has 110 valence electrons. The predicted octanol–water partition coefficient (Wildman–Crippen LogP) is 1.54. The Morgan fingerprint density at radius 1 is 1.42 bits per heavy atom. The molecule has 0 spiro atoms. The van der Waals surface area contributed by atoms with Crippen LogP contribution in [0, 0.1) is 11.8 Å². The molecule has 19 heavy (non-hydrogen) atoms. The van der Waals surface area contributed by atoms with Crippen LogP contribution in [0.4, 0.5) is 0 Å². The van der Waals surface area contributed by atoms with E-state index in [1.54, 1.807) is 6.92 Å². The summed E-state index contributed by atoms with van der Waals surface area (Å²) in [6.07, 6.45) is 3.92. The number of nitrogens with one attached hydrogen (secondary N) is 1. The third-order valence-electron chi connectivity index (χ3n) is 3.86. The molecule has 3 unspecified atom stereocenters. The summed E-state index contributed by atoms with van der Waals surface area (Å²) in [5.41, 5.74) is -0.502. The highest BCUT2D eigenvalue weighted by Crippen LogP contribution is 2.32. The number of aliphatic carboxylic acids is 1. The summed E-state index contributed by atoms with van der Waals surface area (Å²) < 4.78 is 0. The summed E-state index contributed by atoms with van der Waals surface area (Å²) in [4.78, 5) is 22.5. The highest BCUT2D eigenvalue weighted by atomic mass is 16.4. The van der Waals surface area contributed by atoms with Gasteiger partial charge in [-0.15, -0.1) is 0 Å². The Bertz CT molecular complexity index is 331. The largest absolute Gasteiger partial charge is 0.481 e. The summed E-state index contributed by atoms with van der Waals surface area (Å²) in [6, 6.07) is 0. The fourth-order valence-electron chi connectivity index (χ4n) is 2.99. The van der Waals surface area contributed by atoms with E-state index in [2.05, 4.69) is 12.2 Å². The third-order valence-corrected chi connectivity index (χ3v) is 3.86. The minimum Gasteiger partial charge on any atom is -0.481 e. The molecule has 1 amide bonds. The highest BCUT2D eigenvalue weighted by Gasteiger charge is 2.35. The van der Waals surface area contributed by atoms with Crippen molar-refractivity contribution in [1.29, 1.82) is 0 Å². The first-order chi connectivity index (χ1) is 8.87. The maximum atomic E-state index is 12.0. The number of carbonyl (C=O) groups excluding carboxylic acids is 1. The molecule has 3 N–H and O–H groups in total. The molecular weight excluding hydrogens is 246 g/mol. The summed E-state index contributed by atoms with van der Waals surface area (Å²) in [6.45, 7) is 3.84. The lowest BCUT2D eigenvalue weighted by Gasteiger charge is -2.39. The number of hydrogen-bond acceptors (Lipinski definition) is 3. The Labute approximate surface area is 114 Å². The summed E-state index contributed by atoms with van der Waals surface area (Å²) >= 11 is 0. The molecule has 0 aromatic rings. The number of carbonyl (C=O) groups is 2. The molecule has 5 heteroatoms. The average Bonchev–Trinajstić information content (AvgIpc) is 2.27. The van der Waals surface area contributed by atoms with Crippen LogP contribution in [0.25, 0.3) is 0 Å². The molecule has 1 aliphatic rings. The van der Waals surface area contributed by atoms with Gasteiger partial charge in [0, 0.05) is 12.8 Å². The van der Waals surface area contributed by atoms with E-state index in [9.17, 15) is 14.7 Å². The molecule has 0 aliphatic heterocycles. The zero-order valence-electron chi connectivity index (χ0n) is 11.8. The fraction of sp³-hybridized carbons (Fsp3) is 0.857. The van der Waals surface area contributed by atoms with Gasteiger partial charge in [0.15, 0.2) is 0 Å². The van der Waals surface area contributed by atoms with Crippen LogP contribution < -0.4 is 5.32 Å². The molecule has 5 nitrogen and oxygen atoms in total. The SMILES string of the molecule is CC(CC(=O)O)CC(=O)NC1(CO)CCCC(C)C1. The summed E-state index contributed by atoms with van der Waals surface area (Å²) in [5.74, 6) is -0.729. The quantitative estimate of drug-likeness (QED) is 0.684. The van der Waals surface area contributed by atoms with Crippen LogP contribution in [0.3, 0.4) is 0 Å². The minimum absolute atomic E-state index is 0.00402. The Hall–Kier alpha value is -1.10. The van der Waals surface area contributed by atoms with Crippen molar-refractivity contribution in [3.05, 3.63) is 0 Å². The van der Waals surface area contributed by atoms with Gasteiger partial charge in [-0.1, -0.05) is 26.7 Å². The standard InChI is InChI=1S/C14H25NO4/c1-10-4-3-5-14(8-10,9-16)15-12(17)6-11(2)7-13(18)19/h10-11,16H,3-9H2,1-2H3,(H,15,17)(H,18,19). The molecule has 1 saturated carbocycles. The van der Waals surface area contributed by atoms with Crippen LogP contribution in [0.5, 0.6) is 0 Å². The van der Waals surface area contributed by atoms with Crippen LogP contribution >= 0.6 is 0 Å². The van der Waals surface area contributed by atoms with E-state index in [0.29, 0.717) is 5.92 Å². The fourth-order valence-corrected chi connectivity index (χ4v) is 2.99. The monoisotopic (exact) mass is 271 g/mol. The highest BCUT2D eigenvalue weighted by molar-refractivity contribution is 5.78. The van der Waals surface area contributed by atoms with Crippen molar-refractivity contribution in [2.75, 3.05) is 6.61 Å². The Morgan fingerprint density at radius 3 is 2.63 bits per heavy atom. The van der Waals surface area contributed by atoms with Gasteiger partial charge < -0.3 is 15.5 Å². The second-order valence-electron chi connectivity index (χ2n) is 6.10. The van der Waals surface area contributed by atoms with Crippen molar-refractivity contribution in [2.24, 2.45) is 11.8 Å². The molecule has 0 aromatic heterocycles. The first-order valence-electron chi connectivity index (χ1n) is 7.00. The van der Waals surface area contributed by atoms with Gasteiger partial charge in [0.1, 0.15) is 0 Å². The number of aliphatic hydroxyl groups excluding tert-OH is 1. The molecule has 1 aliphatic carbocycles. The van der Waals surface area contributed by atoms with Crippen molar-refractivity contribution in [3.63, 3.8) is 0 Å². The van der Waals surface area contributed by atoms with Crippen LogP contribution in [-0.2, 0) is 9.59 Å². The zero-order valence-corrected chi connectivity index (χ0v) is 11.8. The van der Waals surface area contributed by atoms with Crippen LogP contribution in [0.15, 0.2) is 0 Å². The molecule has 3 atom stereocenters. The molecule has 0 radical (unpaired) electrons. The van der Waals surface area contributed by atoms with Gasteiger partial charge in [-0.3, -0.25) is 9.59 Å². The minimum atomic E-state index is -0.886. The molecule has 1 rings (SSSR count). The van der Waals surface area contributed by atoms with Crippen molar-refractivity contribution in [3.8, 4) is 0 Å². The van der Waals surface area contributed by atoms with E-state index < -0.39 is 11.5 Å². The predicted molar refractivity (Wildman–Crippen MR) is 71.6 cm³/mol. The van der Waals surface area contributed by atoms with E-state index in [-0.39, 0.29) is 31.3 Å². The molecule has 0 heterocycles. The number of rotatable bonds is 6. The molecule has 0 saturated heterocycles. The lowest BCUT2D eigenvalue weighted by Crippen LogP contribution is -2.54. The van der Waals surface area contributed by atoms with Crippen LogP contribution in [-0.4, -0.2) is 34.2 Å². The number of carboxylic acid groups (broad SMARTS) is 1. The second-order valence-corrected chi connectivity index (χ2v) is 6.10. The first kappa shape index (κ1) is 16.0. The number of carboxylic acids is 1. The van der Waals surface area contributed by atoms with Crippen molar-refractivity contribution < 1.29 is 19.8 Å². The number of aliphatic hydroxyl groups is 1. The lowest BCUT2D eigenvalue weighted by atomic mass is 9.76. The maximum Gasteiger partial charge on any atom is 0.303 e. The van der Waals surface area contributed by atoms with Crippen molar-refractivity contribution >= 4 is 11.9 Å². The first-order valence-corrected chi connectivity index (χ1v) is 7.00. The van der Waals surface area contributed by atoms with Gasteiger partial charge in [0.2, 0.25) is 5.91 Å². The zero-order chi connectivity index (χ0) is 14.5. The Morgan fingerprint density at radius 2 is 2.11 bits per heavy atom. The third kappa shape index (κ3) is 5.19. The van der Waals surface area contributed by atoms with Crippen LogP contribution in [0.1, 0.15) is 52.4 Å².